The summed E-state index contributed by atoms with van der Waals surface area (Å²) in [4.78, 5) is 11.8. The van der Waals surface area contributed by atoms with Crippen molar-refractivity contribution in [3.05, 3.63) is 64.1 Å². The first-order valence-corrected chi connectivity index (χ1v) is 6.84. The van der Waals surface area contributed by atoms with Gasteiger partial charge in [-0.3, -0.25) is 0 Å². The molecule has 2 rings (SSSR count). The molecular formula is C15H12BrF2NO2. The number of carbonyl (C=O) groups is 1. The topological polar surface area (TPSA) is 52.3 Å². The number of hydrogen-bond donors (Lipinski definition) is 1. The highest BCUT2D eigenvalue weighted by atomic mass is 79.9. The Morgan fingerprint density at radius 3 is 2.48 bits per heavy atom. The first kappa shape index (κ1) is 15.4. The van der Waals surface area contributed by atoms with Crippen LogP contribution in [0, 0.1) is 0 Å². The van der Waals surface area contributed by atoms with Crippen LogP contribution in [0.4, 0.5) is 14.5 Å². The molecule has 0 unspecified atom stereocenters. The Morgan fingerprint density at radius 1 is 1.19 bits per heavy atom. The highest BCUT2D eigenvalue weighted by Gasteiger charge is 2.33. The molecule has 2 N–H and O–H groups in total. The van der Waals surface area contributed by atoms with E-state index in [1.54, 1.807) is 12.1 Å². The molecule has 0 aliphatic heterocycles. The lowest BCUT2D eigenvalue weighted by Crippen LogP contribution is -2.23. The molecule has 0 aliphatic carbocycles. The van der Waals surface area contributed by atoms with Crippen LogP contribution >= 0.6 is 15.9 Å². The van der Waals surface area contributed by atoms with Gasteiger partial charge in [0.2, 0.25) is 0 Å². The summed E-state index contributed by atoms with van der Waals surface area (Å²) in [6, 6.07) is 11.6. The van der Waals surface area contributed by atoms with Crippen molar-refractivity contribution in [1.29, 1.82) is 0 Å². The summed E-state index contributed by atoms with van der Waals surface area (Å²) in [5.74, 6) is -4.09. The Labute approximate surface area is 128 Å². The summed E-state index contributed by atoms with van der Waals surface area (Å²) >= 11 is 3.17. The number of anilines is 1. The number of hydrogen-bond acceptors (Lipinski definition) is 3. The maximum atomic E-state index is 13.9. The van der Waals surface area contributed by atoms with E-state index >= 15 is 0 Å². The summed E-state index contributed by atoms with van der Waals surface area (Å²) in [6.07, 6.45) is 0. The van der Waals surface area contributed by atoms with E-state index in [2.05, 4.69) is 15.9 Å². The van der Waals surface area contributed by atoms with E-state index in [0.717, 1.165) is 0 Å². The molecule has 0 atom stereocenters. The molecule has 2 aromatic carbocycles. The van der Waals surface area contributed by atoms with E-state index in [-0.39, 0.29) is 11.1 Å². The van der Waals surface area contributed by atoms with E-state index in [9.17, 15) is 13.6 Å². The van der Waals surface area contributed by atoms with Crippen molar-refractivity contribution < 1.29 is 18.3 Å². The van der Waals surface area contributed by atoms with E-state index in [0.29, 0.717) is 10.2 Å². The molecule has 0 radical (unpaired) electrons. The van der Waals surface area contributed by atoms with Gasteiger partial charge >= 0.3 is 11.9 Å². The quantitative estimate of drug-likeness (QED) is 0.666. The normalized spacial score (nSPS) is 11.2. The Morgan fingerprint density at radius 2 is 1.86 bits per heavy atom. The van der Waals surface area contributed by atoms with Gasteiger partial charge in [0, 0.05) is 15.7 Å². The number of ether oxygens (including phenoxy) is 1. The average molecular weight is 356 g/mol. The lowest BCUT2D eigenvalue weighted by atomic mass is 10.1. The number of benzene rings is 2. The predicted octanol–water partition coefficient (Wildman–Crippen LogP) is 3.98. The number of nitrogens with two attached hydrogens (primary N) is 1. The van der Waals surface area contributed by atoms with Crippen LogP contribution in [0.1, 0.15) is 15.9 Å². The van der Waals surface area contributed by atoms with Gasteiger partial charge in [0.1, 0.15) is 0 Å². The third kappa shape index (κ3) is 4.01. The summed E-state index contributed by atoms with van der Waals surface area (Å²) < 4.78 is 33.0. The Bertz CT molecular complexity index is 627. The zero-order valence-corrected chi connectivity index (χ0v) is 12.4. The van der Waals surface area contributed by atoms with Crippen molar-refractivity contribution in [1.82, 2.24) is 0 Å². The SMILES string of the molecule is Nc1cc(Br)cc(C(=O)OCC(F)(F)c2ccccc2)c1. The second-order valence-electron chi connectivity index (χ2n) is 4.42. The Hall–Kier alpha value is -1.95. The van der Waals surface area contributed by atoms with Crippen molar-refractivity contribution in [3.8, 4) is 0 Å². The Kier molecular flexibility index (Phi) is 4.57. The first-order chi connectivity index (χ1) is 9.88. The molecule has 110 valence electrons. The molecule has 0 saturated carbocycles. The van der Waals surface area contributed by atoms with Gasteiger partial charge in [-0.25, -0.2) is 4.79 Å². The van der Waals surface area contributed by atoms with Crippen molar-refractivity contribution >= 4 is 27.6 Å². The fraction of sp³-hybridized carbons (Fsp3) is 0.133. The van der Waals surface area contributed by atoms with E-state index in [4.69, 9.17) is 10.5 Å². The fourth-order valence-electron chi connectivity index (χ4n) is 1.74. The number of nitrogen functional groups attached to an aromatic ring is 1. The number of halogens is 3. The van der Waals surface area contributed by atoms with Crippen molar-refractivity contribution in [2.75, 3.05) is 12.3 Å². The molecule has 0 saturated heterocycles. The van der Waals surface area contributed by atoms with Crippen molar-refractivity contribution in [2.45, 2.75) is 5.92 Å². The third-order valence-electron chi connectivity index (χ3n) is 2.74. The van der Waals surface area contributed by atoms with Crippen molar-refractivity contribution in [2.24, 2.45) is 0 Å². The lowest BCUT2D eigenvalue weighted by Gasteiger charge is -2.16. The minimum absolute atomic E-state index is 0.116. The molecule has 0 amide bonds. The maximum absolute atomic E-state index is 13.9. The summed E-state index contributed by atoms with van der Waals surface area (Å²) in [7, 11) is 0. The van der Waals surface area contributed by atoms with Gasteiger partial charge in [-0.15, -0.1) is 0 Å². The molecule has 0 spiro atoms. The lowest BCUT2D eigenvalue weighted by molar-refractivity contribution is -0.0661. The van der Waals surface area contributed by atoms with Gasteiger partial charge in [-0.05, 0) is 18.2 Å². The maximum Gasteiger partial charge on any atom is 0.338 e. The average Bonchev–Trinajstić information content (AvgIpc) is 2.45. The first-order valence-electron chi connectivity index (χ1n) is 6.05. The van der Waals surface area contributed by atoms with Gasteiger partial charge in [0.05, 0.1) is 5.56 Å². The third-order valence-corrected chi connectivity index (χ3v) is 3.19. The van der Waals surface area contributed by atoms with E-state index in [1.165, 1.54) is 36.4 Å². The molecule has 0 heterocycles. The second kappa shape index (κ2) is 6.22. The highest BCUT2D eigenvalue weighted by Crippen LogP contribution is 2.28. The largest absolute Gasteiger partial charge is 0.455 e. The van der Waals surface area contributed by atoms with Crippen molar-refractivity contribution in [3.63, 3.8) is 0 Å². The van der Waals surface area contributed by atoms with Crippen LogP contribution in [0.3, 0.4) is 0 Å². The number of rotatable bonds is 4. The van der Waals surface area contributed by atoms with Crippen LogP contribution in [0.5, 0.6) is 0 Å². The molecule has 0 fully saturated rings. The van der Waals surface area contributed by atoms with Gasteiger partial charge in [-0.2, -0.15) is 8.78 Å². The summed E-state index contributed by atoms with van der Waals surface area (Å²) in [6.45, 7) is -1.03. The minimum atomic E-state index is -3.24. The smallest absolute Gasteiger partial charge is 0.338 e. The molecule has 21 heavy (non-hydrogen) atoms. The van der Waals surface area contributed by atoms with Crippen LogP contribution in [0.2, 0.25) is 0 Å². The zero-order valence-electron chi connectivity index (χ0n) is 10.9. The Balaban J connectivity index is 2.07. The molecule has 6 heteroatoms. The van der Waals surface area contributed by atoms with E-state index < -0.39 is 18.5 Å². The minimum Gasteiger partial charge on any atom is -0.455 e. The monoisotopic (exact) mass is 355 g/mol. The highest BCUT2D eigenvalue weighted by molar-refractivity contribution is 9.10. The fourth-order valence-corrected chi connectivity index (χ4v) is 2.25. The van der Waals surface area contributed by atoms with Crippen LogP contribution in [-0.2, 0) is 10.7 Å². The van der Waals surface area contributed by atoms with Crippen LogP contribution in [0.25, 0.3) is 0 Å². The standard InChI is InChI=1S/C15H12BrF2NO2/c16-12-6-10(7-13(19)8-12)14(20)21-9-15(17,18)11-4-2-1-3-5-11/h1-8H,9,19H2. The molecule has 3 nitrogen and oxygen atoms in total. The van der Waals surface area contributed by atoms with Crippen LogP contribution in [0.15, 0.2) is 53.0 Å². The zero-order chi connectivity index (χ0) is 15.5. The summed E-state index contributed by atoms with van der Waals surface area (Å²) in [5.41, 5.74) is 5.84. The molecule has 0 aromatic heterocycles. The predicted molar refractivity (Wildman–Crippen MR) is 79.2 cm³/mol. The van der Waals surface area contributed by atoms with Gasteiger partial charge in [0.15, 0.2) is 6.61 Å². The second-order valence-corrected chi connectivity index (χ2v) is 5.34. The molecule has 0 bridgehead atoms. The molecule has 2 aromatic rings. The molecule has 0 aliphatic rings. The van der Waals surface area contributed by atoms with Gasteiger partial charge in [0.25, 0.3) is 0 Å². The summed E-state index contributed by atoms with van der Waals surface area (Å²) in [5, 5.41) is 0. The van der Waals surface area contributed by atoms with Gasteiger partial charge in [-0.1, -0.05) is 46.3 Å². The molecular weight excluding hydrogens is 344 g/mol. The van der Waals surface area contributed by atoms with Crippen LogP contribution in [-0.4, -0.2) is 12.6 Å². The number of alkyl halides is 2. The number of carbonyl (C=O) groups excluding carboxylic acids is 1. The van der Waals surface area contributed by atoms with Crippen LogP contribution < -0.4 is 5.73 Å². The van der Waals surface area contributed by atoms with E-state index in [1.807, 2.05) is 0 Å². The van der Waals surface area contributed by atoms with Gasteiger partial charge < -0.3 is 10.5 Å². The number of esters is 1.